The minimum atomic E-state index is -4.77. The molecule has 1 aliphatic heterocycles. The molecular weight excluding hydrogens is 657 g/mol. The fourth-order valence-electron chi connectivity index (χ4n) is 4.43. The lowest BCUT2D eigenvalue weighted by atomic mass is 10.1. The van der Waals surface area contributed by atoms with Gasteiger partial charge in [-0.15, -0.1) is 0 Å². The van der Waals surface area contributed by atoms with Crippen molar-refractivity contribution >= 4 is 25.5 Å². The fourth-order valence-corrected chi connectivity index (χ4v) is 5.93. The number of anilines is 1. The van der Waals surface area contributed by atoms with Crippen molar-refractivity contribution in [3.05, 3.63) is 89.0 Å². The number of nitrogens with two attached hydrogens (primary N) is 1. The molecule has 0 spiro atoms. The molecule has 0 radical (unpaired) electrons. The van der Waals surface area contributed by atoms with Crippen LogP contribution in [0.2, 0.25) is 0 Å². The molecule has 1 saturated heterocycles. The summed E-state index contributed by atoms with van der Waals surface area (Å²) < 4.78 is 71.9. The van der Waals surface area contributed by atoms with Crippen LogP contribution < -0.4 is 21.0 Å². The Morgan fingerprint density at radius 2 is 1.77 bits per heavy atom. The minimum Gasteiger partial charge on any atom is -0.466 e. The number of nitrogen functional groups attached to an aromatic ring is 1. The van der Waals surface area contributed by atoms with Crippen molar-refractivity contribution in [2.75, 3.05) is 18.9 Å². The maximum Gasteiger partial charge on any atom is 0.459 e. The summed E-state index contributed by atoms with van der Waals surface area (Å²) in [7, 11) is -4.77. The first-order valence-electron chi connectivity index (χ1n) is 15.0. The molecule has 1 aromatic heterocycles. The van der Waals surface area contributed by atoms with Crippen molar-refractivity contribution < 1.29 is 51.3 Å². The van der Waals surface area contributed by atoms with Crippen LogP contribution in [-0.2, 0) is 39.5 Å². The van der Waals surface area contributed by atoms with Gasteiger partial charge in [0.25, 0.3) is 0 Å². The third-order valence-electron chi connectivity index (χ3n) is 7.01. The van der Waals surface area contributed by atoms with Crippen molar-refractivity contribution in [2.45, 2.75) is 63.7 Å². The van der Waals surface area contributed by atoms with Crippen LogP contribution in [-0.4, -0.2) is 64.0 Å². The number of carbonyl (C=O) groups excluding carboxylic acids is 2. The van der Waals surface area contributed by atoms with E-state index < -0.39 is 68.8 Å². The van der Waals surface area contributed by atoms with Crippen molar-refractivity contribution in [1.29, 1.82) is 0 Å². The first kappa shape index (κ1) is 36.6. The summed E-state index contributed by atoms with van der Waals surface area (Å²) in [4.78, 5) is 41.7. The van der Waals surface area contributed by atoms with Crippen molar-refractivity contribution in [1.82, 2.24) is 14.6 Å². The minimum absolute atomic E-state index is 0.0140. The Bertz CT molecular complexity index is 1630. The van der Waals surface area contributed by atoms with Crippen molar-refractivity contribution in [3.8, 4) is 5.75 Å². The number of aliphatic hydroxyl groups is 1. The van der Waals surface area contributed by atoms with E-state index in [0.717, 1.165) is 12.3 Å². The number of nitrogens with one attached hydrogen (secondary N) is 1. The second kappa shape index (κ2) is 16.3. The smallest absolute Gasteiger partial charge is 0.459 e. The molecule has 2 heterocycles. The largest absolute Gasteiger partial charge is 0.466 e. The van der Waals surface area contributed by atoms with Gasteiger partial charge < -0.3 is 29.6 Å². The molecule has 3 aromatic rings. The Kier molecular flexibility index (Phi) is 12.4. The van der Waals surface area contributed by atoms with Crippen LogP contribution in [0.15, 0.2) is 77.7 Å². The molecule has 260 valence electrons. The number of esters is 2. The topological polar surface area (TPSA) is 191 Å². The quantitative estimate of drug-likeness (QED) is 0.146. The number of para-hydroxylation sites is 1. The zero-order chi connectivity index (χ0) is 34.9. The van der Waals surface area contributed by atoms with Gasteiger partial charge in [0.15, 0.2) is 6.10 Å². The highest BCUT2D eigenvalue weighted by Gasteiger charge is 2.60. The van der Waals surface area contributed by atoms with Crippen molar-refractivity contribution in [2.24, 2.45) is 5.92 Å². The first-order valence-corrected chi connectivity index (χ1v) is 16.5. The highest BCUT2D eigenvalue weighted by Crippen LogP contribution is 2.48. The van der Waals surface area contributed by atoms with E-state index >= 15 is 8.78 Å². The van der Waals surface area contributed by atoms with Crippen LogP contribution in [0.25, 0.3) is 0 Å². The summed E-state index contributed by atoms with van der Waals surface area (Å²) in [5.74, 6) is -5.87. The predicted molar refractivity (Wildman–Crippen MR) is 167 cm³/mol. The number of hydrogen-bond acceptors (Lipinski definition) is 12. The van der Waals surface area contributed by atoms with Gasteiger partial charge in [-0.1, -0.05) is 62.4 Å². The predicted octanol–water partition coefficient (Wildman–Crippen LogP) is 3.60. The molecule has 0 aliphatic carbocycles. The van der Waals surface area contributed by atoms with E-state index in [1.165, 1.54) is 12.1 Å². The lowest BCUT2D eigenvalue weighted by Crippen LogP contribution is -2.42. The Morgan fingerprint density at radius 1 is 1.10 bits per heavy atom. The van der Waals surface area contributed by atoms with Crippen LogP contribution in [0.5, 0.6) is 5.75 Å². The van der Waals surface area contributed by atoms with Crippen LogP contribution in [0.3, 0.4) is 0 Å². The van der Waals surface area contributed by atoms with Crippen LogP contribution in [0.4, 0.5) is 14.6 Å². The molecule has 48 heavy (non-hydrogen) atoms. The standard InChI is InChI=1S/C31H37F2N4O10P/c1-20(2)14-16-43-26(38)17-23(28(40)44-18-21-9-5-3-6-10-21)36-48(42,47-22-11-7-4-8-12-22)45-19-24-27(39)31(32,33)29(46-24)37-15-13-25(34)35-30(37)41/h3-13,15,20,23-24,27,29,39H,14,16-19H2,1-2H3,(H,36,42)(H2,34,35,41)/t23-,24+,27+,29+,48?/m0/s1. The van der Waals surface area contributed by atoms with Crippen LogP contribution in [0.1, 0.15) is 38.5 Å². The van der Waals surface area contributed by atoms with E-state index in [2.05, 4.69) is 10.1 Å². The maximum atomic E-state index is 15.1. The van der Waals surface area contributed by atoms with E-state index in [0.29, 0.717) is 16.6 Å². The maximum absolute atomic E-state index is 15.1. The third-order valence-corrected chi connectivity index (χ3v) is 8.58. The molecule has 5 atom stereocenters. The number of hydrogen-bond donors (Lipinski definition) is 3. The van der Waals surface area contributed by atoms with E-state index in [9.17, 15) is 24.1 Å². The Labute approximate surface area is 274 Å². The van der Waals surface area contributed by atoms with Crippen LogP contribution >= 0.6 is 7.75 Å². The molecule has 1 fully saturated rings. The second-order valence-corrected chi connectivity index (χ2v) is 13.0. The van der Waals surface area contributed by atoms with E-state index in [4.69, 9.17) is 29.0 Å². The number of nitrogens with zero attached hydrogens (tertiary/aromatic N) is 2. The lowest BCUT2D eigenvalue weighted by Gasteiger charge is -2.25. The van der Waals surface area contributed by atoms with E-state index in [1.54, 1.807) is 48.5 Å². The van der Waals surface area contributed by atoms with Gasteiger partial charge in [-0.2, -0.15) is 18.9 Å². The summed E-state index contributed by atoms with van der Waals surface area (Å²) in [6, 6.07) is 15.6. The molecule has 4 N–H and O–H groups in total. The number of aromatic nitrogens is 2. The monoisotopic (exact) mass is 694 g/mol. The zero-order valence-electron chi connectivity index (χ0n) is 26.1. The molecule has 0 bridgehead atoms. The Balaban J connectivity index is 1.56. The number of rotatable bonds is 16. The van der Waals surface area contributed by atoms with Gasteiger partial charge in [0.2, 0.25) is 6.23 Å². The summed E-state index contributed by atoms with van der Waals surface area (Å²) >= 11 is 0. The molecule has 17 heteroatoms. The Hall–Kier alpha value is -4.21. The van der Waals surface area contributed by atoms with Gasteiger partial charge in [-0.05, 0) is 36.1 Å². The first-order chi connectivity index (χ1) is 22.8. The summed E-state index contributed by atoms with van der Waals surface area (Å²) in [6.45, 7) is 2.76. The van der Waals surface area contributed by atoms with Gasteiger partial charge in [-0.25, -0.2) is 9.36 Å². The van der Waals surface area contributed by atoms with Gasteiger partial charge >= 0.3 is 31.3 Å². The highest BCUT2D eigenvalue weighted by atomic mass is 31.2. The number of alkyl halides is 2. The molecule has 14 nitrogen and oxygen atoms in total. The number of benzene rings is 2. The summed E-state index contributed by atoms with van der Waals surface area (Å²) in [6.07, 6.45) is -5.89. The van der Waals surface area contributed by atoms with Gasteiger partial charge in [-0.3, -0.25) is 18.7 Å². The summed E-state index contributed by atoms with van der Waals surface area (Å²) in [5.41, 5.74) is 4.91. The number of ether oxygens (including phenoxy) is 3. The Morgan fingerprint density at radius 3 is 2.42 bits per heavy atom. The van der Waals surface area contributed by atoms with Gasteiger partial charge in [0.05, 0.1) is 19.6 Å². The number of carbonyl (C=O) groups is 2. The molecule has 0 amide bonds. The number of halogens is 2. The molecule has 1 unspecified atom stereocenters. The van der Waals surface area contributed by atoms with E-state index in [1.807, 2.05) is 13.8 Å². The second-order valence-electron chi connectivity index (χ2n) is 11.3. The van der Waals surface area contributed by atoms with Crippen LogP contribution in [0, 0.1) is 5.92 Å². The zero-order valence-corrected chi connectivity index (χ0v) is 27.0. The summed E-state index contributed by atoms with van der Waals surface area (Å²) in [5, 5.41) is 12.9. The molecule has 1 aliphatic rings. The normalized spacial score (nSPS) is 20.5. The van der Waals surface area contributed by atoms with Crippen molar-refractivity contribution in [3.63, 3.8) is 0 Å². The lowest BCUT2D eigenvalue weighted by molar-refractivity contribution is -0.153. The van der Waals surface area contributed by atoms with E-state index in [-0.39, 0.29) is 30.7 Å². The average molecular weight is 695 g/mol. The van der Waals surface area contributed by atoms with Gasteiger partial charge in [0, 0.05) is 6.20 Å². The number of aliphatic hydroxyl groups excluding tert-OH is 1. The molecule has 2 aromatic carbocycles. The SMILES string of the molecule is CC(C)CCOC(=O)C[C@H](NP(=O)(OC[C@H]1O[C@@H](n2ccc(N)nc2=O)C(F)(F)[C@@H]1O)Oc1ccccc1)C(=O)OCc1ccccc1. The fraction of sp³-hybridized carbons (Fsp3) is 0.419. The third kappa shape index (κ3) is 9.90. The molecule has 0 saturated carbocycles. The average Bonchev–Trinajstić information content (AvgIpc) is 3.26. The highest BCUT2D eigenvalue weighted by molar-refractivity contribution is 7.52. The molecular formula is C31H37F2N4O10P. The molecule has 4 rings (SSSR count). The van der Waals surface area contributed by atoms with Gasteiger partial charge in [0.1, 0.15) is 30.3 Å².